The second-order valence-electron chi connectivity index (χ2n) is 3.08. The van der Waals surface area contributed by atoms with E-state index in [0.29, 0.717) is 6.47 Å². The van der Waals surface area contributed by atoms with Crippen molar-refractivity contribution in [3.05, 3.63) is 0 Å². The molecule has 0 saturated heterocycles. The minimum atomic E-state index is -0.0637. The molecule has 4 heteroatoms. The molecular weight excluding hydrogens is 144 g/mol. The Morgan fingerprint density at radius 2 is 1.73 bits per heavy atom. The molecule has 4 N–H and O–H groups in total. The molecule has 0 aromatic heterocycles. The first-order valence-corrected chi connectivity index (χ1v) is 3.82. The number of nitrogens with two attached hydrogens (primary N) is 2. The highest BCUT2D eigenvalue weighted by Gasteiger charge is 2.25. The summed E-state index contributed by atoms with van der Waals surface area (Å²) in [7, 11) is 0. The first-order chi connectivity index (χ1) is 5.22. The van der Waals surface area contributed by atoms with E-state index in [0.717, 1.165) is 19.3 Å². The van der Waals surface area contributed by atoms with Crippen LogP contribution in [0.2, 0.25) is 0 Å². The van der Waals surface area contributed by atoms with Gasteiger partial charge in [-0.15, -0.1) is 0 Å². The number of carbonyl (C=O) groups is 1. The van der Waals surface area contributed by atoms with Crippen LogP contribution in [0.4, 0.5) is 0 Å². The van der Waals surface area contributed by atoms with Crippen LogP contribution in [0.15, 0.2) is 0 Å². The molecule has 0 aromatic rings. The van der Waals surface area contributed by atoms with Crippen molar-refractivity contribution in [1.82, 2.24) is 0 Å². The van der Waals surface area contributed by atoms with Gasteiger partial charge in [-0.3, -0.25) is 4.79 Å². The Morgan fingerprint density at radius 3 is 2.18 bits per heavy atom. The summed E-state index contributed by atoms with van der Waals surface area (Å²) in [5.74, 6) is 0. The molecular formula is C7H14N2O2. The fourth-order valence-electron chi connectivity index (χ4n) is 1.54. The summed E-state index contributed by atoms with van der Waals surface area (Å²) in [6.07, 6.45) is 2.25. The third-order valence-corrected chi connectivity index (χ3v) is 1.98. The Hall–Kier alpha value is -0.610. The fourth-order valence-corrected chi connectivity index (χ4v) is 1.54. The molecule has 0 aromatic carbocycles. The third kappa shape index (κ3) is 2.48. The molecule has 0 radical (unpaired) electrons. The average Bonchev–Trinajstić information content (AvgIpc) is 1.85. The van der Waals surface area contributed by atoms with Crippen LogP contribution in [0.5, 0.6) is 0 Å². The molecule has 0 aliphatic heterocycles. The average molecular weight is 158 g/mol. The third-order valence-electron chi connectivity index (χ3n) is 1.98. The topological polar surface area (TPSA) is 78.3 Å². The monoisotopic (exact) mass is 158 g/mol. The standard InChI is InChI=1S/C7H14N2O2/c8-5-1-6(9)3-7(2-5)11-4-10/h4-7H,1-3,8-9H2. The number of hydrogen-bond acceptors (Lipinski definition) is 4. The van der Waals surface area contributed by atoms with E-state index in [1.807, 2.05) is 0 Å². The molecule has 64 valence electrons. The molecule has 1 aliphatic carbocycles. The van der Waals surface area contributed by atoms with Crippen molar-refractivity contribution in [2.45, 2.75) is 37.5 Å². The second-order valence-corrected chi connectivity index (χ2v) is 3.08. The maximum Gasteiger partial charge on any atom is 0.293 e. The van der Waals surface area contributed by atoms with Crippen LogP contribution in [0.1, 0.15) is 19.3 Å². The van der Waals surface area contributed by atoms with Gasteiger partial charge in [-0.2, -0.15) is 0 Å². The molecule has 0 spiro atoms. The molecule has 0 heterocycles. The van der Waals surface area contributed by atoms with Gasteiger partial charge < -0.3 is 16.2 Å². The SMILES string of the molecule is NC1CC(N)CC(OC=O)C1. The summed E-state index contributed by atoms with van der Waals surface area (Å²) in [6.45, 7) is 0.468. The van der Waals surface area contributed by atoms with Gasteiger partial charge in [0.2, 0.25) is 0 Å². The minimum Gasteiger partial charge on any atom is -0.464 e. The van der Waals surface area contributed by atoms with E-state index in [-0.39, 0.29) is 18.2 Å². The smallest absolute Gasteiger partial charge is 0.293 e. The number of hydrogen-bond donors (Lipinski definition) is 2. The van der Waals surface area contributed by atoms with Gasteiger partial charge in [0.15, 0.2) is 0 Å². The highest BCUT2D eigenvalue weighted by Crippen LogP contribution is 2.18. The van der Waals surface area contributed by atoms with E-state index in [2.05, 4.69) is 0 Å². The number of ether oxygens (including phenoxy) is 1. The Labute approximate surface area is 65.9 Å². The maximum atomic E-state index is 9.98. The van der Waals surface area contributed by atoms with Crippen LogP contribution in [0.3, 0.4) is 0 Å². The molecule has 2 unspecified atom stereocenters. The zero-order valence-electron chi connectivity index (χ0n) is 6.40. The van der Waals surface area contributed by atoms with Crippen LogP contribution in [0.25, 0.3) is 0 Å². The van der Waals surface area contributed by atoms with Gasteiger partial charge in [0.25, 0.3) is 6.47 Å². The predicted molar refractivity (Wildman–Crippen MR) is 40.7 cm³/mol. The lowest BCUT2D eigenvalue weighted by molar-refractivity contribution is -0.135. The molecule has 0 amide bonds. The van der Waals surface area contributed by atoms with E-state index < -0.39 is 0 Å². The van der Waals surface area contributed by atoms with Gasteiger partial charge in [0.05, 0.1) is 0 Å². The molecule has 1 aliphatic rings. The summed E-state index contributed by atoms with van der Waals surface area (Å²) >= 11 is 0. The van der Waals surface area contributed by atoms with E-state index in [4.69, 9.17) is 16.2 Å². The van der Waals surface area contributed by atoms with Gasteiger partial charge in [-0.1, -0.05) is 0 Å². The summed E-state index contributed by atoms with van der Waals surface area (Å²) < 4.78 is 4.78. The molecule has 1 fully saturated rings. The Balaban J connectivity index is 2.36. The van der Waals surface area contributed by atoms with Crippen molar-refractivity contribution in [3.8, 4) is 0 Å². The number of rotatable bonds is 2. The molecule has 11 heavy (non-hydrogen) atoms. The van der Waals surface area contributed by atoms with Gasteiger partial charge in [0, 0.05) is 12.1 Å². The van der Waals surface area contributed by atoms with Gasteiger partial charge in [0.1, 0.15) is 6.10 Å². The Kier molecular flexibility index (Phi) is 2.84. The van der Waals surface area contributed by atoms with E-state index in [9.17, 15) is 4.79 Å². The zero-order valence-corrected chi connectivity index (χ0v) is 6.40. The Morgan fingerprint density at radius 1 is 1.18 bits per heavy atom. The quantitative estimate of drug-likeness (QED) is 0.524. The first kappa shape index (κ1) is 8.49. The van der Waals surface area contributed by atoms with E-state index in [1.165, 1.54) is 0 Å². The second kappa shape index (κ2) is 3.69. The number of carbonyl (C=O) groups excluding carboxylic acids is 1. The molecule has 4 nitrogen and oxygen atoms in total. The van der Waals surface area contributed by atoms with Crippen molar-refractivity contribution in [2.75, 3.05) is 0 Å². The summed E-state index contributed by atoms with van der Waals surface area (Å²) in [5.41, 5.74) is 11.3. The van der Waals surface area contributed by atoms with Crippen molar-refractivity contribution < 1.29 is 9.53 Å². The van der Waals surface area contributed by atoms with Crippen LogP contribution < -0.4 is 11.5 Å². The normalized spacial score (nSPS) is 38.2. The van der Waals surface area contributed by atoms with Crippen molar-refractivity contribution >= 4 is 6.47 Å². The summed E-state index contributed by atoms with van der Waals surface area (Å²) in [4.78, 5) is 9.98. The van der Waals surface area contributed by atoms with E-state index in [1.54, 1.807) is 0 Å². The van der Waals surface area contributed by atoms with Gasteiger partial charge >= 0.3 is 0 Å². The summed E-state index contributed by atoms with van der Waals surface area (Å²) in [6, 6.07) is 0.174. The van der Waals surface area contributed by atoms with Gasteiger partial charge in [-0.25, -0.2) is 0 Å². The molecule has 0 bridgehead atoms. The van der Waals surface area contributed by atoms with Crippen LogP contribution in [0, 0.1) is 0 Å². The lowest BCUT2D eigenvalue weighted by Gasteiger charge is -2.29. The van der Waals surface area contributed by atoms with E-state index >= 15 is 0 Å². The maximum absolute atomic E-state index is 9.98. The highest BCUT2D eigenvalue weighted by atomic mass is 16.5. The lowest BCUT2D eigenvalue weighted by atomic mass is 9.90. The van der Waals surface area contributed by atoms with Crippen LogP contribution in [-0.2, 0) is 9.53 Å². The van der Waals surface area contributed by atoms with Crippen LogP contribution in [-0.4, -0.2) is 24.7 Å². The van der Waals surface area contributed by atoms with Gasteiger partial charge in [-0.05, 0) is 19.3 Å². The van der Waals surface area contributed by atoms with Crippen molar-refractivity contribution in [2.24, 2.45) is 11.5 Å². The molecule has 1 saturated carbocycles. The molecule has 2 atom stereocenters. The first-order valence-electron chi connectivity index (χ1n) is 3.82. The Bertz CT molecular complexity index is 130. The van der Waals surface area contributed by atoms with Crippen molar-refractivity contribution in [3.63, 3.8) is 0 Å². The molecule has 1 rings (SSSR count). The van der Waals surface area contributed by atoms with Crippen LogP contribution >= 0.6 is 0 Å². The largest absolute Gasteiger partial charge is 0.464 e. The predicted octanol–water partition coefficient (Wildman–Crippen LogP) is -0.634. The fraction of sp³-hybridized carbons (Fsp3) is 0.857. The summed E-state index contributed by atoms with van der Waals surface area (Å²) in [5, 5.41) is 0. The lowest BCUT2D eigenvalue weighted by Crippen LogP contribution is -2.42. The minimum absolute atomic E-state index is 0.0637. The van der Waals surface area contributed by atoms with Crippen molar-refractivity contribution in [1.29, 1.82) is 0 Å². The highest BCUT2D eigenvalue weighted by molar-refractivity contribution is 5.37. The zero-order chi connectivity index (χ0) is 8.27.